The van der Waals surface area contributed by atoms with Crippen LogP contribution in [0.4, 0.5) is 5.95 Å². The van der Waals surface area contributed by atoms with Crippen LogP contribution >= 0.6 is 0 Å². The standard InChI is InChI=1S/C27H29N5O/c1-19-6-2-5-9-26(19)33-17-24(15-23-16-28-18-30-23)31-27-29-13-12-25(32-27)22-11-10-20-7-3-4-8-21(20)14-22/h3-4,7-8,10-14,16,18,24,26H,1-2,5-6,9,15,17H2,(H,28,30)(H,29,31,32)/t24-,26?/m0/s1. The molecule has 0 aliphatic heterocycles. The van der Waals surface area contributed by atoms with Crippen molar-refractivity contribution in [2.24, 2.45) is 0 Å². The highest BCUT2D eigenvalue weighted by molar-refractivity contribution is 5.86. The monoisotopic (exact) mass is 439 g/mol. The zero-order valence-corrected chi connectivity index (χ0v) is 18.7. The minimum Gasteiger partial charge on any atom is -0.372 e. The molecule has 0 bridgehead atoms. The van der Waals surface area contributed by atoms with Crippen LogP contribution in [0.15, 0.2) is 79.4 Å². The van der Waals surface area contributed by atoms with Crippen LogP contribution in [0.2, 0.25) is 0 Å². The molecule has 5 rings (SSSR count). The Bertz CT molecular complexity index is 1220. The van der Waals surface area contributed by atoms with E-state index < -0.39 is 0 Å². The molecule has 0 spiro atoms. The van der Waals surface area contributed by atoms with Crippen molar-refractivity contribution in [3.8, 4) is 11.3 Å². The third-order valence-corrected chi connectivity index (χ3v) is 6.22. The van der Waals surface area contributed by atoms with Gasteiger partial charge in [-0.15, -0.1) is 0 Å². The molecular weight excluding hydrogens is 410 g/mol. The fourth-order valence-corrected chi connectivity index (χ4v) is 4.41. The Hall–Kier alpha value is -3.51. The van der Waals surface area contributed by atoms with E-state index in [0.717, 1.165) is 36.2 Å². The van der Waals surface area contributed by atoms with Crippen molar-refractivity contribution in [2.45, 2.75) is 44.2 Å². The van der Waals surface area contributed by atoms with Gasteiger partial charge in [-0.1, -0.05) is 49.4 Å². The molecule has 6 nitrogen and oxygen atoms in total. The second kappa shape index (κ2) is 9.96. The third-order valence-electron chi connectivity index (χ3n) is 6.22. The number of rotatable bonds is 8. The van der Waals surface area contributed by atoms with E-state index in [1.165, 1.54) is 29.2 Å². The van der Waals surface area contributed by atoms with Gasteiger partial charge in [-0.2, -0.15) is 0 Å². The highest BCUT2D eigenvalue weighted by Gasteiger charge is 2.21. The number of ether oxygens (including phenoxy) is 1. The maximum Gasteiger partial charge on any atom is 0.223 e. The van der Waals surface area contributed by atoms with E-state index in [2.05, 4.69) is 69.3 Å². The maximum atomic E-state index is 6.29. The summed E-state index contributed by atoms with van der Waals surface area (Å²) in [5.41, 5.74) is 4.21. The van der Waals surface area contributed by atoms with Crippen molar-refractivity contribution in [2.75, 3.05) is 11.9 Å². The lowest BCUT2D eigenvalue weighted by molar-refractivity contribution is 0.0545. The van der Waals surface area contributed by atoms with Crippen LogP contribution in [0.5, 0.6) is 0 Å². The summed E-state index contributed by atoms with van der Waals surface area (Å²) < 4.78 is 6.29. The summed E-state index contributed by atoms with van der Waals surface area (Å²) in [6.07, 6.45) is 10.7. The Morgan fingerprint density at radius 3 is 2.88 bits per heavy atom. The third kappa shape index (κ3) is 5.29. The topological polar surface area (TPSA) is 75.7 Å². The Labute approximate surface area is 194 Å². The smallest absolute Gasteiger partial charge is 0.223 e. The molecular formula is C27H29N5O. The predicted octanol–water partition coefficient (Wildman–Crippen LogP) is 5.56. The first-order valence-corrected chi connectivity index (χ1v) is 11.6. The maximum absolute atomic E-state index is 6.29. The number of fused-ring (bicyclic) bond motifs is 1. The number of nitrogens with one attached hydrogen (secondary N) is 2. The second-order valence-corrected chi connectivity index (χ2v) is 8.68. The zero-order chi connectivity index (χ0) is 22.5. The van der Waals surface area contributed by atoms with E-state index in [4.69, 9.17) is 9.72 Å². The second-order valence-electron chi connectivity index (χ2n) is 8.68. The molecule has 6 heteroatoms. The van der Waals surface area contributed by atoms with Crippen molar-refractivity contribution in [1.82, 2.24) is 19.9 Å². The number of hydrogen-bond acceptors (Lipinski definition) is 5. The Balaban J connectivity index is 1.33. The molecule has 2 heterocycles. The van der Waals surface area contributed by atoms with Crippen LogP contribution in [0.1, 0.15) is 31.4 Å². The molecule has 1 aliphatic carbocycles. The first-order valence-electron chi connectivity index (χ1n) is 11.6. The summed E-state index contributed by atoms with van der Waals surface area (Å²) in [5.74, 6) is 0.594. The molecule has 0 radical (unpaired) electrons. The van der Waals surface area contributed by atoms with E-state index >= 15 is 0 Å². The molecule has 2 aromatic carbocycles. The number of nitrogens with zero attached hydrogens (tertiary/aromatic N) is 3. The normalized spacial score (nSPS) is 17.2. The van der Waals surface area contributed by atoms with Crippen molar-refractivity contribution in [3.05, 3.63) is 85.1 Å². The lowest BCUT2D eigenvalue weighted by Crippen LogP contribution is -2.32. The summed E-state index contributed by atoms with van der Waals surface area (Å²) in [5, 5.41) is 5.91. The van der Waals surface area contributed by atoms with E-state index in [0.29, 0.717) is 12.6 Å². The Morgan fingerprint density at radius 2 is 2.03 bits per heavy atom. The number of hydrogen-bond donors (Lipinski definition) is 2. The van der Waals surface area contributed by atoms with Gasteiger partial charge in [0, 0.05) is 30.1 Å². The summed E-state index contributed by atoms with van der Waals surface area (Å²) in [6.45, 7) is 4.76. The first kappa shape index (κ1) is 21.3. The molecule has 168 valence electrons. The molecule has 2 atom stereocenters. The highest BCUT2D eigenvalue weighted by atomic mass is 16.5. The fourth-order valence-electron chi connectivity index (χ4n) is 4.41. The molecule has 1 aliphatic rings. The highest BCUT2D eigenvalue weighted by Crippen LogP contribution is 2.26. The SMILES string of the molecule is C=C1CCCCC1OC[C@H](Cc1cnc[nH]1)Nc1nccc(-c2ccc3ccccc3c2)n1. The van der Waals surface area contributed by atoms with E-state index in [9.17, 15) is 0 Å². The Morgan fingerprint density at radius 1 is 1.12 bits per heavy atom. The summed E-state index contributed by atoms with van der Waals surface area (Å²) in [4.78, 5) is 16.6. The molecule has 33 heavy (non-hydrogen) atoms. The van der Waals surface area contributed by atoms with E-state index in [1.807, 2.05) is 12.3 Å². The van der Waals surface area contributed by atoms with Crippen LogP contribution in [-0.4, -0.2) is 38.7 Å². The molecule has 1 unspecified atom stereocenters. The minimum atomic E-state index is 0.00651. The van der Waals surface area contributed by atoms with Gasteiger partial charge in [0.15, 0.2) is 0 Å². The van der Waals surface area contributed by atoms with Gasteiger partial charge >= 0.3 is 0 Å². The predicted molar refractivity (Wildman–Crippen MR) is 132 cm³/mol. The van der Waals surface area contributed by atoms with Crippen LogP contribution in [-0.2, 0) is 11.2 Å². The molecule has 4 aromatic rings. The largest absolute Gasteiger partial charge is 0.372 e. The number of aromatic amines is 1. The van der Waals surface area contributed by atoms with Crippen LogP contribution in [0.3, 0.4) is 0 Å². The zero-order valence-electron chi connectivity index (χ0n) is 18.7. The van der Waals surface area contributed by atoms with Gasteiger partial charge in [-0.05, 0) is 47.7 Å². The summed E-state index contributed by atoms with van der Waals surface area (Å²) in [6, 6.07) is 16.7. The van der Waals surface area contributed by atoms with Crippen molar-refractivity contribution in [1.29, 1.82) is 0 Å². The molecule has 1 fully saturated rings. The average molecular weight is 440 g/mol. The summed E-state index contributed by atoms with van der Waals surface area (Å²) >= 11 is 0. The minimum absolute atomic E-state index is 0.00651. The lowest BCUT2D eigenvalue weighted by Gasteiger charge is -2.27. The van der Waals surface area contributed by atoms with Gasteiger partial charge in [0.25, 0.3) is 0 Å². The van der Waals surface area contributed by atoms with Gasteiger partial charge in [0.1, 0.15) is 0 Å². The lowest BCUT2D eigenvalue weighted by atomic mass is 9.93. The van der Waals surface area contributed by atoms with Gasteiger partial charge in [0.05, 0.1) is 30.8 Å². The van der Waals surface area contributed by atoms with Gasteiger partial charge in [-0.3, -0.25) is 0 Å². The molecule has 2 aromatic heterocycles. The fraction of sp³-hybridized carbons (Fsp3) is 0.296. The quantitative estimate of drug-likeness (QED) is 0.352. The Kier molecular flexibility index (Phi) is 6.44. The molecule has 2 N–H and O–H groups in total. The number of aromatic nitrogens is 4. The molecule has 0 saturated heterocycles. The van der Waals surface area contributed by atoms with Crippen LogP contribution in [0, 0.1) is 0 Å². The summed E-state index contributed by atoms with van der Waals surface area (Å²) in [7, 11) is 0. The molecule has 0 amide bonds. The first-order chi connectivity index (χ1) is 16.2. The molecule has 1 saturated carbocycles. The number of anilines is 1. The van der Waals surface area contributed by atoms with Crippen LogP contribution in [0.25, 0.3) is 22.0 Å². The average Bonchev–Trinajstić information content (AvgIpc) is 3.36. The van der Waals surface area contributed by atoms with E-state index in [1.54, 1.807) is 12.5 Å². The van der Waals surface area contributed by atoms with Crippen molar-refractivity contribution in [3.63, 3.8) is 0 Å². The number of imidazole rings is 1. The van der Waals surface area contributed by atoms with Gasteiger partial charge < -0.3 is 15.0 Å². The number of benzene rings is 2. The van der Waals surface area contributed by atoms with Gasteiger partial charge in [-0.25, -0.2) is 15.0 Å². The van der Waals surface area contributed by atoms with E-state index in [-0.39, 0.29) is 12.1 Å². The van der Waals surface area contributed by atoms with Crippen LogP contribution < -0.4 is 5.32 Å². The number of H-pyrrole nitrogens is 1. The van der Waals surface area contributed by atoms with Crippen molar-refractivity contribution >= 4 is 16.7 Å². The van der Waals surface area contributed by atoms with Crippen molar-refractivity contribution < 1.29 is 4.74 Å². The van der Waals surface area contributed by atoms with Gasteiger partial charge in [0.2, 0.25) is 5.95 Å².